The van der Waals surface area contributed by atoms with Crippen LogP contribution in [0.2, 0.25) is 0 Å². The summed E-state index contributed by atoms with van der Waals surface area (Å²) in [5.41, 5.74) is -0.224. The highest BCUT2D eigenvalue weighted by atomic mass is 16.5. The molecule has 1 N–H and O–H groups in total. The molecular weight excluding hydrogens is 478 g/mol. The lowest BCUT2D eigenvalue weighted by molar-refractivity contribution is -0.169. The van der Waals surface area contributed by atoms with Crippen molar-refractivity contribution in [2.24, 2.45) is 5.92 Å². The monoisotopic (exact) mass is 525 g/mol. The largest absolute Gasteiger partial charge is 0.490 e. The van der Waals surface area contributed by atoms with E-state index in [0.29, 0.717) is 19.4 Å². The highest BCUT2D eigenvalue weighted by Gasteiger charge is 2.59. The van der Waals surface area contributed by atoms with Crippen molar-refractivity contribution in [3.05, 3.63) is 29.8 Å². The van der Waals surface area contributed by atoms with E-state index < -0.39 is 11.1 Å². The molecule has 3 saturated heterocycles. The van der Waals surface area contributed by atoms with Gasteiger partial charge in [0.05, 0.1) is 13.2 Å². The van der Waals surface area contributed by atoms with Crippen molar-refractivity contribution in [2.75, 3.05) is 32.8 Å². The molecular formula is C31H47N3O4. The van der Waals surface area contributed by atoms with Gasteiger partial charge >= 0.3 is 0 Å². The van der Waals surface area contributed by atoms with Gasteiger partial charge in [-0.1, -0.05) is 44.7 Å². The van der Waals surface area contributed by atoms with Crippen LogP contribution in [-0.4, -0.2) is 71.6 Å². The van der Waals surface area contributed by atoms with Crippen LogP contribution in [0.1, 0.15) is 90.0 Å². The third-order valence-electron chi connectivity index (χ3n) is 9.64. The number of unbranched alkanes of at least 4 members (excludes halogenated alkanes) is 1. The molecule has 2 amide bonds. The highest BCUT2D eigenvalue weighted by molar-refractivity contribution is 6.02. The number of piperazine rings is 1. The van der Waals surface area contributed by atoms with Crippen LogP contribution < -0.4 is 10.1 Å². The molecule has 38 heavy (non-hydrogen) atoms. The van der Waals surface area contributed by atoms with Gasteiger partial charge in [-0.3, -0.25) is 14.5 Å². The van der Waals surface area contributed by atoms with Gasteiger partial charge in [-0.2, -0.15) is 0 Å². The molecule has 0 bridgehead atoms. The van der Waals surface area contributed by atoms with Gasteiger partial charge in [0.2, 0.25) is 11.8 Å². The fourth-order valence-corrected chi connectivity index (χ4v) is 7.09. The van der Waals surface area contributed by atoms with Gasteiger partial charge in [-0.05, 0) is 62.6 Å². The van der Waals surface area contributed by atoms with Crippen molar-refractivity contribution in [3.8, 4) is 5.75 Å². The Balaban J connectivity index is 1.22. The third-order valence-corrected chi connectivity index (χ3v) is 9.64. The standard InChI is InChI=1S/C31H47N3O4/c1-3-4-18-34-29(36)30(2,25-8-6-5-7-9-25)32-28(35)31(34)16-19-33(20-17-31)23-24-10-12-26(13-11-24)38-27-14-21-37-22-15-27/h10-13,25,27H,3-9,14-23H2,1-2H3,(H,32,35)/t30-/m0/s1. The van der Waals surface area contributed by atoms with E-state index in [9.17, 15) is 9.59 Å². The molecule has 1 saturated carbocycles. The highest BCUT2D eigenvalue weighted by Crippen LogP contribution is 2.41. The van der Waals surface area contributed by atoms with E-state index >= 15 is 0 Å². The number of piperidine rings is 1. The van der Waals surface area contributed by atoms with Gasteiger partial charge in [-0.15, -0.1) is 0 Å². The van der Waals surface area contributed by atoms with E-state index in [4.69, 9.17) is 9.47 Å². The molecule has 3 heterocycles. The fraction of sp³-hybridized carbons (Fsp3) is 0.742. The minimum Gasteiger partial charge on any atom is -0.490 e. The maximum absolute atomic E-state index is 14.1. The number of ether oxygens (including phenoxy) is 2. The summed E-state index contributed by atoms with van der Waals surface area (Å²) < 4.78 is 11.6. The van der Waals surface area contributed by atoms with Crippen LogP contribution in [0.4, 0.5) is 0 Å². The second kappa shape index (κ2) is 12.0. The molecule has 1 aromatic carbocycles. The zero-order valence-corrected chi connectivity index (χ0v) is 23.5. The number of carbonyl (C=O) groups excluding carboxylic acids is 2. The lowest BCUT2D eigenvalue weighted by Gasteiger charge is -2.56. The summed E-state index contributed by atoms with van der Waals surface area (Å²) >= 11 is 0. The fourth-order valence-electron chi connectivity index (χ4n) is 7.09. The molecule has 5 rings (SSSR count). The third kappa shape index (κ3) is 5.60. The van der Waals surface area contributed by atoms with Crippen LogP contribution >= 0.6 is 0 Å². The molecule has 210 valence electrons. The minimum atomic E-state index is -0.762. The van der Waals surface area contributed by atoms with Gasteiger partial charge in [-0.25, -0.2) is 0 Å². The molecule has 7 heteroatoms. The lowest BCUT2D eigenvalue weighted by Crippen LogP contribution is -2.78. The number of hydrogen-bond acceptors (Lipinski definition) is 5. The second-order valence-corrected chi connectivity index (χ2v) is 12.2. The molecule has 4 aliphatic rings. The van der Waals surface area contributed by atoms with Gasteiger partial charge in [0, 0.05) is 39.0 Å². The maximum Gasteiger partial charge on any atom is 0.249 e. The molecule has 1 atom stereocenters. The van der Waals surface area contributed by atoms with Crippen molar-refractivity contribution in [3.63, 3.8) is 0 Å². The van der Waals surface area contributed by atoms with Gasteiger partial charge < -0.3 is 19.7 Å². The Morgan fingerprint density at radius 3 is 2.34 bits per heavy atom. The second-order valence-electron chi connectivity index (χ2n) is 12.2. The summed E-state index contributed by atoms with van der Waals surface area (Å²) in [4.78, 5) is 32.4. The number of carbonyl (C=O) groups is 2. The maximum atomic E-state index is 14.1. The van der Waals surface area contributed by atoms with Crippen molar-refractivity contribution < 1.29 is 19.1 Å². The molecule has 7 nitrogen and oxygen atoms in total. The average Bonchev–Trinajstić information content (AvgIpc) is 2.95. The van der Waals surface area contributed by atoms with Gasteiger partial charge in [0.1, 0.15) is 22.9 Å². The van der Waals surface area contributed by atoms with Crippen LogP contribution in [0.25, 0.3) is 0 Å². The number of likely N-dealkylation sites (tertiary alicyclic amines) is 1. The van der Waals surface area contributed by atoms with Crippen molar-refractivity contribution in [1.82, 2.24) is 15.1 Å². The molecule has 0 unspecified atom stereocenters. The first-order chi connectivity index (χ1) is 18.4. The number of nitrogens with one attached hydrogen (secondary N) is 1. The zero-order valence-electron chi connectivity index (χ0n) is 23.5. The zero-order chi connectivity index (χ0) is 26.6. The Kier molecular flexibility index (Phi) is 8.63. The first-order valence-electron chi connectivity index (χ1n) is 15.1. The van der Waals surface area contributed by atoms with E-state index in [0.717, 1.165) is 90.0 Å². The van der Waals surface area contributed by atoms with E-state index in [1.54, 1.807) is 0 Å². The molecule has 1 aromatic rings. The minimum absolute atomic E-state index is 0.0792. The van der Waals surface area contributed by atoms with E-state index in [1.165, 1.54) is 12.0 Å². The predicted molar refractivity (Wildman–Crippen MR) is 148 cm³/mol. The van der Waals surface area contributed by atoms with Crippen molar-refractivity contribution in [1.29, 1.82) is 0 Å². The summed E-state index contributed by atoms with van der Waals surface area (Å²) in [6.45, 7) is 8.85. The van der Waals surface area contributed by atoms with Gasteiger partial charge in [0.15, 0.2) is 0 Å². The Labute approximate surface area is 228 Å². The van der Waals surface area contributed by atoms with E-state index in [-0.39, 0.29) is 23.8 Å². The number of amides is 2. The normalized spacial score (nSPS) is 27.5. The first-order valence-corrected chi connectivity index (χ1v) is 15.1. The Morgan fingerprint density at radius 2 is 1.68 bits per heavy atom. The van der Waals surface area contributed by atoms with Crippen LogP contribution in [-0.2, 0) is 20.9 Å². The molecule has 1 spiro atoms. The van der Waals surface area contributed by atoms with Crippen LogP contribution in [0.5, 0.6) is 5.75 Å². The van der Waals surface area contributed by atoms with Crippen molar-refractivity contribution in [2.45, 2.75) is 108 Å². The smallest absolute Gasteiger partial charge is 0.249 e. The molecule has 3 aliphatic heterocycles. The van der Waals surface area contributed by atoms with Crippen LogP contribution in [0, 0.1) is 5.92 Å². The Hall–Kier alpha value is -2.12. The Morgan fingerprint density at radius 1 is 1.00 bits per heavy atom. The number of rotatable bonds is 8. The first kappa shape index (κ1) is 27.4. The van der Waals surface area contributed by atoms with E-state index in [1.807, 2.05) is 11.8 Å². The van der Waals surface area contributed by atoms with Crippen LogP contribution in [0.15, 0.2) is 24.3 Å². The summed E-state index contributed by atoms with van der Waals surface area (Å²) in [5.74, 6) is 1.40. The summed E-state index contributed by atoms with van der Waals surface area (Å²) in [7, 11) is 0. The average molecular weight is 526 g/mol. The van der Waals surface area contributed by atoms with E-state index in [2.05, 4.69) is 41.4 Å². The topological polar surface area (TPSA) is 71.1 Å². The quantitative estimate of drug-likeness (QED) is 0.534. The van der Waals surface area contributed by atoms with Crippen molar-refractivity contribution >= 4 is 11.8 Å². The number of hydrogen-bond donors (Lipinski definition) is 1. The lowest BCUT2D eigenvalue weighted by atomic mass is 9.70. The Bertz CT molecular complexity index is 946. The molecule has 0 radical (unpaired) electrons. The van der Waals surface area contributed by atoms with Crippen LogP contribution in [0.3, 0.4) is 0 Å². The predicted octanol–water partition coefficient (Wildman–Crippen LogP) is 4.68. The molecule has 4 fully saturated rings. The summed E-state index contributed by atoms with van der Waals surface area (Å²) in [6, 6.07) is 8.45. The van der Waals surface area contributed by atoms with Gasteiger partial charge in [0.25, 0.3) is 0 Å². The summed E-state index contributed by atoms with van der Waals surface area (Å²) in [6.07, 6.45) is 11.1. The number of nitrogens with zero attached hydrogens (tertiary/aromatic N) is 2. The SMILES string of the molecule is CCCCN1C(=O)[C@](C)(C2CCCCC2)NC(=O)C12CCN(Cc1ccc(OC3CCOCC3)cc1)CC2. The molecule has 1 aliphatic carbocycles. The summed E-state index contributed by atoms with van der Waals surface area (Å²) in [5, 5.41) is 3.31. The molecule has 0 aromatic heterocycles. The number of benzene rings is 1.